The largest absolute Gasteiger partial charge is 0.484 e. The molecule has 1 fully saturated rings. The SMILES string of the molecule is O=C(COc1ccccc1)N(CCc1csc2nc(-c3ccc(F)cc3)cn12)CCN1CCOCC1. The molecule has 1 amide bonds. The van der Waals surface area contributed by atoms with Crippen molar-refractivity contribution in [2.24, 2.45) is 0 Å². The van der Waals surface area contributed by atoms with E-state index < -0.39 is 0 Å². The summed E-state index contributed by atoms with van der Waals surface area (Å²) in [7, 11) is 0. The molecule has 188 valence electrons. The number of aromatic nitrogens is 2. The molecule has 0 aliphatic carbocycles. The fourth-order valence-corrected chi connectivity index (χ4v) is 5.13. The van der Waals surface area contributed by atoms with Crippen molar-refractivity contribution in [3.63, 3.8) is 0 Å². The molecule has 2 aromatic carbocycles. The molecule has 1 saturated heterocycles. The van der Waals surface area contributed by atoms with Crippen LogP contribution in [-0.4, -0.2) is 77.6 Å². The Labute approximate surface area is 213 Å². The number of hydrogen-bond acceptors (Lipinski definition) is 6. The maximum atomic E-state index is 13.3. The molecular formula is C27H29FN4O3S. The zero-order valence-corrected chi connectivity index (χ0v) is 20.8. The lowest BCUT2D eigenvalue weighted by Gasteiger charge is -2.30. The second kappa shape index (κ2) is 11.6. The van der Waals surface area contributed by atoms with Gasteiger partial charge in [-0.2, -0.15) is 0 Å². The van der Waals surface area contributed by atoms with Gasteiger partial charge in [0.1, 0.15) is 11.6 Å². The molecule has 4 aromatic rings. The first-order valence-electron chi connectivity index (χ1n) is 12.1. The van der Waals surface area contributed by atoms with Crippen molar-refractivity contribution >= 4 is 22.2 Å². The van der Waals surface area contributed by atoms with Crippen molar-refractivity contribution in [1.29, 1.82) is 0 Å². The predicted molar refractivity (Wildman–Crippen MR) is 138 cm³/mol. The molecule has 7 nitrogen and oxygen atoms in total. The van der Waals surface area contributed by atoms with Crippen molar-refractivity contribution in [2.45, 2.75) is 6.42 Å². The van der Waals surface area contributed by atoms with Gasteiger partial charge in [0, 0.05) is 62.0 Å². The minimum Gasteiger partial charge on any atom is -0.484 e. The van der Waals surface area contributed by atoms with E-state index in [0.29, 0.717) is 25.3 Å². The topological polar surface area (TPSA) is 59.3 Å². The number of hydrogen-bond donors (Lipinski definition) is 0. The van der Waals surface area contributed by atoms with Gasteiger partial charge in [-0.3, -0.25) is 14.1 Å². The molecule has 0 radical (unpaired) electrons. The first-order chi connectivity index (χ1) is 17.7. The minimum atomic E-state index is -0.265. The van der Waals surface area contributed by atoms with E-state index in [-0.39, 0.29) is 18.3 Å². The number of carbonyl (C=O) groups excluding carboxylic acids is 1. The van der Waals surface area contributed by atoms with E-state index in [0.717, 1.165) is 54.8 Å². The number of rotatable bonds is 10. The molecule has 2 aromatic heterocycles. The average molecular weight is 509 g/mol. The summed E-state index contributed by atoms with van der Waals surface area (Å²) in [5, 5.41) is 2.09. The highest BCUT2D eigenvalue weighted by Crippen LogP contribution is 2.24. The predicted octanol–water partition coefficient (Wildman–Crippen LogP) is 3.98. The summed E-state index contributed by atoms with van der Waals surface area (Å²) < 4.78 is 26.6. The van der Waals surface area contributed by atoms with Gasteiger partial charge in [-0.15, -0.1) is 11.3 Å². The monoisotopic (exact) mass is 508 g/mol. The zero-order valence-electron chi connectivity index (χ0n) is 20.0. The summed E-state index contributed by atoms with van der Waals surface area (Å²) >= 11 is 1.56. The van der Waals surface area contributed by atoms with Crippen LogP contribution in [0, 0.1) is 5.82 Å². The van der Waals surface area contributed by atoms with E-state index in [1.54, 1.807) is 23.5 Å². The van der Waals surface area contributed by atoms with Crippen molar-refractivity contribution in [2.75, 3.05) is 52.5 Å². The molecule has 5 rings (SSSR count). The van der Waals surface area contributed by atoms with E-state index in [2.05, 4.69) is 14.7 Å². The fraction of sp³-hybridized carbons (Fsp3) is 0.333. The quantitative estimate of drug-likeness (QED) is 0.324. The Balaban J connectivity index is 1.26. The van der Waals surface area contributed by atoms with Gasteiger partial charge in [-0.25, -0.2) is 9.37 Å². The molecule has 36 heavy (non-hydrogen) atoms. The number of thiazole rings is 1. The number of morpholine rings is 1. The summed E-state index contributed by atoms with van der Waals surface area (Å²) in [5.41, 5.74) is 2.77. The molecule has 0 atom stereocenters. The number of ether oxygens (including phenoxy) is 2. The van der Waals surface area contributed by atoms with Gasteiger partial charge in [-0.05, 0) is 36.4 Å². The molecule has 0 N–H and O–H groups in total. The van der Waals surface area contributed by atoms with Crippen LogP contribution in [0.15, 0.2) is 66.2 Å². The molecule has 9 heteroatoms. The van der Waals surface area contributed by atoms with Gasteiger partial charge in [0.15, 0.2) is 11.6 Å². The maximum absolute atomic E-state index is 13.3. The number of fused-ring (bicyclic) bond motifs is 1. The highest BCUT2D eigenvalue weighted by atomic mass is 32.1. The molecule has 0 unspecified atom stereocenters. The van der Waals surface area contributed by atoms with Crippen LogP contribution in [-0.2, 0) is 16.0 Å². The van der Waals surface area contributed by atoms with Gasteiger partial charge in [0.25, 0.3) is 5.91 Å². The summed E-state index contributed by atoms with van der Waals surface area (Å²) in [5.74, 6) is 0.389. The smallest absolute Gasteiger partial charge is 0.260 e. The first-order valence-corrected chi connectivity index (χ1v) is 13.0. The van der Waals surface area contributed by atoms with Crippen molar-refractivity contribution in [3.8, 4) is 17.0 Å². The molecular weight excluding hydrogens is 479 g/mol. The van der Waals surface area contributed by atoms with Crippen LogP contribution < -0.4 is 4.74 Å². The highest BCUT2D eigenvalue weighted by Gasteiger charge is 2.19. The summed E-state index contributed by atoms with van der Waals surface area (Å²) in [6, 6.07) is 15.8. The highest BCUT2D eigenvalue weighted by molar-refractivity contribution is 7.15. The van der Waals surface area contributed by atoms with Gasteiger partial charge in [0.2, 0.25) is 0 Å². The Kier molecular flexibility index (Phi) is 7.90. The van der Waals surface area contributed by atoms with E-state index in [4.69, 9.17) is 14.5 Å². The van der Waals surface area contributed by atoms with Crippen molar-refractivity contribution in [3.05, 3.63) is 77.7 Å². The summed E-state index contributed by atoms with van der Waals surface area (Å²) in [6.45, 7) is 5.26. The van der Waals surface area contributed by atoms with Crippen molar-refractivity contribution in [1.82, 2.24) is 19.2 Å². The molecule has 3 heterocycles. The average Bonchev–Trinajstić information content (AvgIpc) is 3.50. The van der Waals surface area contributed by atoms with E-state index in [1.807, 2.05) is 41.4 Å². The van der Waals surface area contributed by atoms with Crippen LogP contribution >= 0.6 is 11.3 Å². The maximum Gasteiger partial charge on any atom is 0.260 e. The second-order valence-electron chi connectivity index (χ2n) is 8.70. The number of nitrogens with zero attached hydrogens (tertiary/aromatic N) is 4. The van der Waals surface area contributed by atoms with Gasteiger partial charge in [0.05, 0.1) is 18.9 Å². The third-order valence-corrected chi connectivity index (χ3v) is 7.20. The van der Waals surface area contributed by atoms with Crippen LogP contribution in [0.1, 0.15) is 5.69 Å². The zero-order chi connectivity index (χ0) is 24.7. The lowest BCUT2D eigenvalue weighted by atomic mass is 10.2. The van der Waals surface area contributed by atoms with Crippen molar-refractivity contribution < 1.29 is 18.7 Å². The number of carbonyl (C=O) groups is 1. The Hall–Kier alpha value is -3.27. The Morgan fingerprint density at radius 1 is 1.08 bits per heavy atom. The Morgan fingerprint density at radius 3 is 2.64 bits per heavy atom. The van der Waals surface area contributed by atoms with Crippen LogP contribution in [0.3, 0.4) is 0 Å². The first kappa shape index (κ1) is 24.4. The van der Waals surface area contributed by atoms with Gasteiger partial charge in [-0.1, -0.05) is 18.2 Å². The van der Waals surface area contributed by atoms with Crippen LogP contribution in [0.4, 0.5) is 4.39 Å². The van der Waals surface area contributed by atoms with Crippen LogP contribution in [0.2, 0.25) is 0 Å². The fourth-order valence-electron chi connectivity index (χ4n) is 4.22. The lowest BCUT2D eigenvalue weighted by Crippen LogP contribution is -2.44. The van der Waals surface area contributed by atoms with Crippen LogP contribution in [0.5, 0.6) is 5.75 Å². The van der Waals surface area contributed by atoms with E-state index in [1.165, 1.54) is 12.1 Å². The van der Waals surface area contributed by atoms with Crippen LogP contribution in [0.25, 0.3) is 16.2 Å². The van der Waals surface area contributed by atoms with Gasteiger partial charge < -0.3 is 14.4 Å². The summed E-state index contributed by atoms with van der Waals surface area (Å²) in [4.78, 5) is 22.9. The third-order valence-electron chi connectivity index (χ3n) is 6.31. The molecule has 1 aliphatic rings. The minimum absolute atomic E-state index is 0.00592. The molecule has 0 bridgehead atoms. The number of para-hydroxylation sites is 1. The Bertz CT molecular complexity index is 1270. The normalized spacial score (nSPS) is 14.2. The molecule has 0 spiro atoms. The van der Waals surface area contributed by atoms with E-state index >= 15 is 0 Å². The lowest BCUT2D eigenvalue weighted by molar-refractivity contribution is -0.133. The number of imidazole rings is 1. The molecule has 1 aliphatic heterocycles. The number of benzene rings is 2. The standard InChI is InChI=1S/C27H29FN4O3S/c28-22-8-6-21(7-9-22)25-18-32-23(20-36-27(32)29-25)10-11-31(13-12-30-14-16-34-17-15-30)26(33)19-35-24-4-2-1-3-5-24/h1-9,18,20H,10-17,19H2. The molecule has 0 saturated carbocycles. The number of amides is 1. The third kappa shape index (κ3) is 6.10. The summed E-state index contributed by atoms with van der Waals surface area (Å²) in [6.07, 6.45) is 2.67. The van der Waals surface area contributed by atoms with E-state index in [9.17, 15) is 9.18 Å². The Morgan fingerprint density at radius 2 is 1.86 bits per heavy atom. The number of halogens is 1. The van der Waals surface area contributed by atoms with Gasteiger partial charge >= 0.3 is 0 Å². The second-order valence-corrected chi connectivity index (χ2v) is 9.54.